The second-order valence-electron chi connectivity index (χ2n) is 7.17. The van der Waals surface area contributed by atoms with Gasteiger partial charge >= 0.3 is 7.12 Å². The molecule has 0 spiro atoms. The van der Waals surface area contributed by atoms with Crippen LogP contribution in [-0.4, -0.2) is 31.5 Å². The average Bonchev–Trinajstić information content (AvgIpc) is 2.69. The molecule has 2 fully saturated rings. The fraction of sp³-hybridized carbons (Fsp3) is 0.647. The van der Waals surface area contributed by atoms with Crippen LogP contribution >= 0.6 is 0 Å². The Hall–Kier alpha value is -0.835. The zero-order chi connectivity index (χ0) is 15.1. The first kappa shape index (κ1) is 15.1. The summed E-state index contributed by atoms with van der Waals surface area (Å²) in [4.78, 5) is 0. The topological polar surface area (TPSA) is 27.7 Å². The smallest absolute Gasteiger partial charge is 0.399 e. The highest BCUT2D eigenvalue weighted by molar-refractivity contribution is 6.62. The lowest BCUT2D eigenvalue weighted by Crippen LogP contribution is -2.41. The van der Waals surface area contributed by atoms with Crippen molar-refractivity contribution in [2.45, 2.75) is 57.7 Å². The van der Waals surface area contributed by atoms with E-state index in [0.717, 1.165) is 25.1 Å². The molecule has 1 aromatic carbocycles. The van der Waals surface area contributed by atoms with E-state index < -0.39 is 0 Å². The quantitative estimate of drug-likeness (QED) is 0.783. The van der Waals surface area contributed by atoms with Gasteiger partial charge in [-0.15, -0.1) is 0 Å². The van der Waals surface area contributed by atoms with Gasteiger partial charge in [0.25, 0.3) is 0 Å². The Balaban J connectivity index is 1.81. The van der Waals surface area contributed by atoms with E-state index in [0.29, 0.717) is 5.92 Å². The van der Waals surface area contributed by atoms with Gasteiger partial charge in [0.1, 0.15) is 0 Å². The van der Waals surface area contributed by atoms with Gasteiger partial charge in [-0.1, -0.05) is 24.3 Å². The van der Waals surface area contributed by atoms with E-state index in [2.05, 4.69) is 52.0 Å². The number of hydrogen-bond acceptors (Lipinski definition) is 3. The summed E-state index contributed by atoms with van der Waals surface area (Å²) in [5.41, 5.74) is 1.86. The molecule has 2 aliphatic heterocycles. The van der Waals surface area contributed by atoms with E-state index in [1.807, 2.05) is 0 Å². The molecule has 0 amide bonds. The lowest BCUT2D eigenvalue weighted by atomic mass is 9.77. The summed E-state index contributed by atoms with van der Waals surface area (Å²) in [5.74, 6) is 0.501. The van der Waals surface area contributed by atoms with E-state index in [9.17, 15) is 0 Å². The molecule has 4 heteroatoms. The van der Waals surface area contributed by atoms with Crippen LogP contribution in [0.5, 0.6) is 0 Å². The van der Waals surface area contributed by atoms with Crippen molar-refractivity contribution in [1.29, 1.82) is 0 Å². The third-order valence-electron chi connectivity index (χ3n) is 5.07. The number of benzene rings is 1. The van der Waals surface area contributed by atoms with E-state index in [4.69, 9.17) is 14.0 Å². The Morgan fingerprint density at radius 1 is 1.10 bits per heavy atom. The minimum absolute atomic E-state index is 0.278. The average molecular weight is 288 g/mol. The minimum atomic E-state index is -0.290. The third kappa shape index (κ3) is 2.89. The number of rotatable bonds is 2. The van der Waals surface area contributed by atoms with Gasteiger partial charge in [-0.3, -0.25) is 0 Å². The first-order valence-corrected chi connectivity index (χ1v) is 7.92. The molecule has 1 unspecified atom stereocenters. The van der Waals surface area contributed by atoms with Crippen LogP contribution in [0.4, 0.5) is 0 Å². The van der Waals surface area contributed by atoms with Gasteiger partial charge in [-0.2, -0.15) is 0 Å². The summed E-state index contributed by atoms with van der Waals surface area (Å²) >= 11 is 0. The van der Waals surface area contributed by atoms with Crippen LogP contribution in [-0.2, 0) is 14.0 Å². The van der Waals surface area contributed by atoms with Crippen molar-refractivity contribution in [3.63, 3.8) is 0 Å². The molecule has 0 radical (unpaired) electrons. The predicted octanol–water partition coefficient (Wildman–Crippen LogP) is 2.88. The summed E-state index contributed by atoms with van der Waals surface area (Å²) < 4.78 is 17.9. The van der Waals surface area contributed by atoms with Crippen LogP contribution in [0.2, 0.25) is 0 Å². The molecular formula is C17H25BO3. The molecule has 3 rings (SSSR count). The third-order valence-corrected chi connectivity index (χ3v) is 5.07. The van der Waals surface area contributed by atoms with Gasteiger partial charge in [0.05, 0.1) is 17.8 Å². The largest absolute Gasteiger partial charge is 0.494 e. The van der Waals surface area contributed by atoms with Crippen molar-refractivity contribution in [3.05, 3.63) is 29.8 Å². The maximum atomic E-state index is 6.14. The maximum absolute atomic E-state index is 6.14. The summed E-state index contributed by atoms with van der Waals surface area (Å²) in [7, 11) is -0.278. The predicted molar refractivity (Wildman–Crippen MR) is 85.0 cm³/mol. The van der Waals surface area contributed by atoms with Crippen molar-refractivity contribution in [1.82, 2.24) is 0 Å². The normalized spacial score (nSPS) is 27.8. The monoisotopic (exact) mass is 288 g/mol. The Labute approximate surface area is 128 Å². The van der Waals surface area contributed by atoms with Crippen LogP contribution < -0.4 is 5.46 Å². The van der Waals surface area contributed by atoms with Crippen LogP contribution in [0, 0.1) is 0 Å². The zero-order valence-electron chi connectivity index (χ0n) is 13.5. The maximum Gasteiger partial charge on any atom is 0.494 e. The van der Waals surface area contributed by atoms with Gasteiger partial charge in [0.15, 0.2) is 0 Å². The van der Waals surface area contributed by atoms with Crippen molar-refractivity contribution in [3.8, 4) is 0 Å². The van der Waals surface area contributed by atoms with Crippen molar-refractivity contribution in [2.75, 3.05) is 13.2 Å². The van der Waals surface area contributed by atoms with Crippen molar-refractivity contribution < 1.29 is 14.0 Å². The number of hydrogen-bond donors (Lipinski definition) is 0. The first-order chi connectivity index (χ1) is 9.89. The van der Waals surface area contributed by atoms with Crippen LogP contribution in [0.1, 0.15) is 52.0 Å². The number of ether oxygens (including phenoxy) is 1. The molecule has 0 bridgehead atoms. The molecular weight excluding hydrogens is 263 g/mol. The zero-order valence-corrected chi connectivity index (χ0v) is 13.5. The standard InChI is InChI=1S/C17H25BO3/c1-16(2)17(3,4)21-18(20-16)15-9-5-7-13(11-15)14-8-6-10-19-12-14/h5,7,9,11,14H,6,8,10,12H2,1-4H3. The molecule has 2 aliphatic rings. The minimum Gasteiger partial charge on any atom is -0.399 e. The highest BCUT2D eigenvalue weighted by Gasteiger charge is 2.51. The molecule has 0 aliphatic carbocycles. The fourth-order valence-corrected chi connectivity index (χ4v) is 2.94. The molecule has 0 saturated carbocycles. The molecule has 114 valence electrons. The van der Waals surface area contributed by atoms with E-state index in [1.165, 1.54) is 12.0 Å². The summed E-state index contributed by atoms with van der Waals surface area (Å²) in [6, 6.07) is 8.61. The SMILES string of the molecule is CC1(C)OB(c2cccc(C3CCCOC3)c2)OC1(C)C. The molecule has 21 heavy (non-hydrogen) atoms. The van der Waals surface area contributed by atoms with Crippen LogP contribution in [0.25, 0.3) is 0 Å². The van der Waals surface area contributed by atoms with Crippen LogP contribution in [0.3, 0.4) is 0 Å². The summed E-state index contributed by atoms with van der Waals surface area (Å²) in [6.07, 6.45) is 2.35. The highest BCUT2D eigenvalue weighted by atomic mass is 16.7. The summed E-state index contributed by atoms with van der Waals surface area (Å²) in [5, 5.41) is 0. The first-order valence-electron chi connectivity index (χ1n) is 7.92. The lowest BCUT2D eigenvalue weighted by Gasteiger charge is -2.32. The van der Waals surface area contributed by atoms with Gasteiger partial charge in [-0.05, 0) is 51.6 Å². The lowest BCUT2D eigenvalue weighted by molar-refractivity contribution is 0.00578. The van der Waals surface area contributed by atoms with Crippen LogP contribution in [0.15, 0.2) is 24.3 Å². The van der Waals surface area contributed by atoms with Gasteiger partial charge < -0.3 is 14.0 Å². The Kier molecular flexibility index (Phi) is 3.89. The van der Waals surface area contributed by atoms with E-state index in [1.54, 1.807) is 0 Å². The highest BCUT2D eigenvalue weighted by Crippen LogP contribution is 2.36. The van der Waals surface area contributed by atoms with Gasteiger partial charge in [-0.25, -0.2) is 0 Å². The van der Waals surface area contributed by atoms with Crippen molar-refractivity contribution in [2.24, 2.45) is 0 Å². The molecule has 0 aromatic heterocycles. The Morgan fingerprint density at radius 3 is 2.43 bits per heavy atom. The molecule has 1 atom stereocenters. The fourth-order valence-electron chi connectivity index (χ4n) is 2.94. The van der Waals surface area contributed by atoms with E-state index >= 15 is 0 Å². The van der Waals surface area contributed by atoms with Gasteiger partial charge in [0.2, 0.25) is 0 Å². The van der Waals surface area contributed by atoms with Crippen molar-refractivity contribution >= 4 is 12.6 Å². The molecule has 2 saturated heterocycles. The molecule has 0 N–H and O–H groups in total. The second-order valence-corrected chi connectivity index (χ2v) is 7.17. The molecule has 2 heterocycles. The summed E-state index contributed by atoms with van der Waals surface area (Å²) in [6.45, 7) is 10.1. The Bertz CT molecular complexity index is 491. The Morgan fingerprint density at radius 2 is 1.81 bits per heavy atom. The van der Waals surface area contributed by atoms with E-state index in [-0.39, 0.29) is 18.3 Å². The van der Waals surface area contributed by atoms with Gasteiger partial charge in [0, 0.05) is 12.5 Å². The second kappa shape index (κ2) is 5.42. The molecule has 3 nitrogen and oxygen atoms in total. The molecule has 1 aromatic rings.